The molecule has 3 heteroatoms. The molecule has 0 aliphatic rings. The lowest BCUT2D eigenvalue weighted by Gasteiger charge is -2.02. The maximum Gasteiger partial charge on any atom is 0.0482 e. The highest BCUT2D eigenvalue weighted by molar-refractivity contribution is 5.09. The first-order chi connectivity index (χ1) is 6.36. The van der Waals surface area contributed by atoms with Crippen LogP contribution in [0.2, 0.25) is 0 Å². The number of aromatic nitrogens is 1. The van der Waals surface area contributed by atoms with Gasteiger partial charge in [0.05, 0.1) is 0 Å². The fraction of sp³-hybridized carbons (Fsp3) is 0.600. The third-order valence-corrected chi connectivity index (χ3v) is 1.96. The van der Waals surface area contributed by atoms with Crippen LogP contribution in [-0.2, 0) is 17.8 Å². The molecular formula is C10H18N2O. The van der Waals surface area contributed by atoms with Crippen molar-refractivity contribution in [2.75, 3.05) is 13.2 Å². The Balaban J connectivity index is 2.20. The summed E-state index contributed by atoms with van der Waals surface area (Å²) in [7, 11) is 0. The second-order valence-electron chi connectivity index (χ2n) is 3.01. The topological polar surface area (TPSA) is 40.2 Å². The van der Waals surface area contributed by atoms with Crippen LogP contribution in [0, 0.1) is 0 Å². The van der Waals surface area contributed by atoms with Crippen molar-refractivity contribution >= 4 is 0 Å². The lowest BCUT2D eigenvalue weighted by atomic mass is 10.3. The van der Waals surface area contributed by atoms with Crippen LogP contribution >= 0.6 is 0 Å². The summed E-state index contributed by atoms with van der Waals surface area (Å²) < 4.78 is 7.40. The first-order valence-corrected chi connectivity index (χ1v) is 4.79. The molecule has 0 amide bonds. The molecule has 0 atom stereocenters. The first-order valence-electron chi connectivity index (χ1n) is 4.79. The van der Waals surface area contributed by atoms with Crippen LogP contribution in [0.4, 0.5) is 0 Å². The van der Waals surface area contributed by atoms with E-state index < -0.39 is 0 Å². The van der Waals surface area contributed by atoms with Gasteiger partial charge in [0.2, 0.25) is 0 Å². The third kappa shape index (κ3) is 3.61. The van der Waals surface area contributed by atoms with Gasteiger partial charge in [-0.25, -0.2) is 0 Å². The molecule has 3 nitrogen and oxygen atoms in total. The Kier molecular flexibility index (Phi) is 4.57. The number of hydrogen-bond acceptors (Lipinski definition) is 2. The van der Waals surface area contributed by atoms with Gasteiger partial charge in [-0.15, -0.1) is 0 Å². The summed E-state index contributed by atoms with van der Waals surface area (Å²) in [4.78, 5) is 0. The zero-order chi connectivity index (χ0) is 9.52. The number of rotatable bonds is 6. The summed E-state index contributed by atoms with van der Waals surface area (Å²) >= 11 is 0. The number of nitrogens with zero attached hydrogens (tertiary/aromatic N) is 1. The van der Waals surface area contributed by atoms with Crippen molar-refractivity contribution in [3.8, 4) is 0 Å². The molecule has 0 fully saturated rings. The Morgan fingerprint density at radius 3 is 3.00 bits per heavy atom. The van der Waals surface area contributed by atoms with E-state index in [0.717, 1.165) is 26.2 Å². The number of hydrogen-bond donors (Lipinski definition) is 1. The Morgan fingerprint density at radius 1 is 1.54 bits per heavy atom. The zero-order valence-corrected chi connectivity index (χ0v) is 8.20. The van der Waals surface area contributed by atoms with Crippen molar-refractivity contribution in [2.45, 2.75) is 26.4 Å². The van der Waals surface area contributed by atoms with Gasteiger partial charge in [0, 0.05) is 38.7 Å². The standard InChI is InChI=1S/C10H18N2O/c1-2-13-7-3-5-12-6-4-10(8-11)9-12/h4,6,9H,2-3,5,7-8,11H2,1H3. The van der Waals surface area contributed by atoms with Crippen molar-refractivity contribution in [2.24, 2.45) is 5.73 Å². The van der Waals surface area contributed by atoms with Crippen LogP contribution in [0.25, 0.3) is 0 Å². The fourth-order valence-corrected chi connectivity index (χ4v) is 1.24. The number of aryl methyl sites for hydroxylation is 1. The zero-order valence-electron chi connectivity index (χ0n) is 8.20. The number of nitrogens with two attached hydrogens (primary N) is 1. The molecule has 13 heavy (non-hydrogen) atoms. The monoisotopic (exact) mass is 182 g/mol. The van der Waals surface area contributed by atoms with Crippen molar-refractivity contribution < 1.29 is 4.74 Å². The van der Waals surface area contributed by atoms with Crippen LogP contribution in [0.15, 0.2) is 18.5 Å². The molecular weight excluding hydrogens is 164 g/mol. The molecule has 0 spiro atoms. The highest BCUT2D eigenvalue weighted by Crippen LogP contribution is 2.00. The molecule has 74 valence electrons. The average Bonchev–Trinajstić information content (AvgIpc) is 2.60. The first kappa shape index (κ1) is 10.3. The molecule has 1 aromatic heterocycles. The summed E-state index contributed by atoms with van der Waals surface area (Å²) in [5.74, 6) is 0. The third-order valence-electron chi connectivity index (χ3n) is 1.96. The SMILES string of the molecule is CCOCCCn1ccc(CN)c1. The Hall–Kier alpha value is -0.800. The molecule has 1 rings (SSSR count). The molecule has 2 N–H and O–H groups in total. The largest absolute Gasteiger partial charge is 0.382 e. The average molecular weight is 182 g/mol. The van der Waals surface area contributed by atoms with E-state index in [9.17, 15) is 0 Å². The molecule has 0 unspecified atom stereocenters. The normalized spacial score (nSPS) is 10.6. The second-order valence-corrected chi connectivity index (χ2v) is 3.01. The van der Waals surface area contributed by atoms with E-state index in [1.54, 1.807) is 0 Å². The summed E-state index contributed by atoms with van der Waals surface area (Å²) in [6, 6.07) is 2.06. The second kappa shape index (κ2) is 5.78. The molecule has 1 aromatic rings. The predicted octanol–water partition coefficient (Wildman–Crippen LogP) is 1.37. The summed E-state index contributed by atoms with van der Waals surface area (Å²) in [6.45, 7) is 5.30. The van der Waals surface area contributed by atoms with Crippen molar-refractivity contribution in [3.63, 3.8) is 0 Å². The Morgan fingerprint density at radius 2 is 2.38 bits per heavy atom. The molecule has 0 aliphatic heterocycles. The van der Waals surface area contributed by atoms with E-state index in [0.29, 0.717) is 6.54 Å². The van der Waals surface area contributed by atoms with Gasteiger partial charge < -0.3 is 15.0 Å². The van der Waals surface area contributed by atoms with E-state index in [2.05, 4.69) is 23.0 Å². The van der Waals surface area contributed by atoms with Gasteiger partial charge in [-0.1, -0.05) is 0 Å². The van der Waals surface area contributed by atoms with Gasteiger partial charge in [0.25, 0.3) is 0 Å². The lowest BCUT2D eigenvalue weighted by Crippen LogP contribution is -2.01. The van der Waals surface area contributed by atoms with Crippen molar-refractivity contribution in [1.82, 2.24) is 4.57 Å². The highest BCUT2D eigenvalue weighted by atomic mass is 16.5. The molecule has 0 aromatic carbocycles. The summed E-state index contributed by atoms with van der Waals surface area (Å²) in [6.07, 6.45) is 5.21. The highest BCUT2D eigenvalue weighted by Gasteiger charge is 1.94. The summed E-state index contributed by atoms with van der Waals surface area (Å²) in [5.41, 5.74) is 6.69. The van der Waals surface area contributed by atoms with Crippen LogP contribution in [0.1, 0.15) is 18.9 Å². The summed E-state index contributed by atoms with van der Waals surface area (Å²) in [5, 5.41) is 0. The van der Waals surface area contributed by atoms with Crippen LogP contribution in [0.3, 0.4) is 0 Å². The quantitative estimate of drug-likeness (QED) is 0.675. The van der Waals surface area contributed by atoms with E-state index >= 15 is 0 Å². The number of ether oxygens (including phenoxy) is 1. The molecule has 0 bridgehead atoms. The minimum absolute atomic E-state index is 0.623. The van der Waals surface area contributed by atoms with E-state index in [-0.39, 0.29) is 0 Å². The van der Waals surface area contributed by atoms with Crippen LogP contribution in [-0.4, -0.2) is 17.8 Å². The van der Waals surface area contributed by atoms with E-state index in [1.165, 1.54) is 5.56 Å². The van der Waals surface area contributed by atoms with E-state index in [1.807, 2.05) is 6.92 Å². The Labute approximate surface area is 79.5 Å². The molecule has 1 heterocycles. The van der Waals surface area contributed by atoms with E-state index in [4.69, 9.17) is 10.5 Å². The lowest BCUT2D eigenvalue weighted by molar-refractivity contribution is 0.141. The predicted molar refractivity (Wildman–Crippen MR) is 53.4 cm³/mol. The molecule has 0 aliphatic carbocycles. The molecule has 0 saturated carbocycles. The van der Waals surface area contributed by atoms with Gasteiger partial charge in [-0.2, -0.15) is 0 Å². The Bertz CT molecular complexity index is 233. The van der Waals surface area contributed by atoms with Gasteiger partial charge in [0.1, 0.15) is 0 Å². The van der Waals surface area contributed by atoms with Gasteiger partial charge in [0.15, 0.2) is 0 Å². The van der Waals surface area contributed by atoms with Gasteiger partial charge in [-0.3, -0.25) is 0 Å². The molecule has 0 saturated heterocycles. The van der Waals surface area contributed by atoms with Crippen molar-refractivity contribution in [3.05, 3.63) is 24.0 Å². The molecule has 0 radical (unpaired) electrons. The van der Waals surface area contributed by atoms with Crippen molar-refractivity contribution in [1.29, 1.82) is 0 Å². The minimum Gasteiger partial charge on any atom is -0.382 e. The maximum atomic E-state index is 5.50. The fourth-order valence-electron chi connectivity index (χ4n) is 1.24. The smallest absolute Gasteiger partial charge is 0.0482 e. The minimum atomic E-state index is 0.623. The van der Waals surface area contributed by atoms with Gasteiger partial charge >= 0.3 is 0 Å². The maximum absolute atomic E-state index is 5.50. The van der Waals surface area contributed by atoms with Gasteiger partial charge in [-0.05, 0) is 25.0 Å². The van der Waals surface area contributed by atoms with Crippen LogP contribution in [0.5, 0.6) is 0 Å². The van der Waals surface area contributed by atoms with Crippen LogP contribution < -0.4 is 5.73 Å².